The van der Waals surface area contributed by atoms with Crippen molar-refractivity contribution in [3.8, 4) is 28.4 Å². The van der Waals surface area contributed by atoms with Crippen LogP contribution in [0.25, 0.3) is 33.4 Å². The molecule has 2 unspecified atom stereocenters. The van der Waals surface area contributed by atoms with Gasteiger partial charge in [-0.3, -0.25) is 4.79 Å². The van der Waals surface area contributed by atoms with Gasteiger partial charge < -0.3 is 29.4 Å². The third-order valence-corrected chi connectivity index (χ3v) is 9.52. The number of rotatable bonds is 6. The number of urea groups is 1. The molecule has 2 aliphatic rings. The number of ether oxygens (including phenoxy) is 1. The van der Waals surface area contributed by atoms with Gasteiger partial charge in [-0.1, -0.05) is 65.7 Å². The highest BCUT2D eigenvalue weighted by atomic mass is 35.5. The number of nitrogens with one attached hydrogen (secondary N) is 2. The summed E-state index contributed by atoms with van der Waals surface area (Å²) in [4.78, 5) is 42.9. The molecule has 3 amide bonds. The van der Waals surface area contributed by atoms with E-state index in [0.29, 0.717) is 40.9 Å². The first kappa shape index (κ1) is 31.0. The summed E-state index contributed by atoms with van der Waals surface area (Å²) in [7, 11) is 3.45. The van der Waals surface area contributed by atoms with Crippen molar-refractivity contribution in [2.45, 2.75) is 18.6 Å². The number of amides is 3. The summed E-state index contributed by atoms with van der Waals surface area (Å²) in [5.41, 5.74) is 6.63. The summed E-state index contributed by atoms with van der Waals surface area (Å²) in [6.07, 6.45) is 3.83. The van der Waals surface area contributed by atoms with E-state index in [1.807, 2.05) is 73.1 Å². The quantitative estimate of drug-likeness (QED) is 0.186. The minimum absolute atomic E-state index is 0.0692. The van der Waals surface area contributed by atoms with Gasteiger partial charge in [-0.05, 0) is 47.5 Å². The number of fused-ring (bicyclic) bond motifs is 2. The SMILES string of the molecule is CN(C)C(=O)N1CCC(Oc2ncccc2NC(=O)c2[nH]c3cc(Cl)cc4c3c2-c2c(-c3ccccc3)ncn2C4c2ccc(Cl)cc2)C1. The number of halogens is 2. The van der Waals surface area contributed by atoms with Gasteiger partial charge >= 0.3 is 6.03 Å². The first-order chi connectivity index (χ1) is 23.8. The standard InChI is InChI=1S/C37H31Cl2N7O3/c1-44(2)37(48)45-16-14-25(19-45)49-36-27(9-6-15-40-36)43-35(47)32-30-29-26(17-24(39)18-28(29)42-32)33(22-10-12-23(38)13-11-22)46-20-41-31(34(30)46)21-7-4-3-5-8-21/h3-13,15,17-18,20,25,33,42H,14,16,19H2,1-2H3,(H,43,47). The van der Waals surface area contributed by atoms with E-state index in [1.54, 1.807) is 42.2 Å². The van der Waals surface area contributed by atoms with Gasteiger partial charge in [0.2, 0.25) is 5.88 Å². The van der Waals surface area contributed by atoms with E-state index in [1.165, 1.54) is 0 Å². The van der Waals surface area contributed by atoms with Crippen LogP contribution >= 0.6 is 23.2 Å². The molecular formula is C37H31Cl2N7O3. The van der Waals surface area contributed by atoms with Crippen LogP contribution in [0.4, 0.5) is 10.5 Å². The van der Waals surface area contributed by atoms with Crippen molar-refractivity contribution in [3.63, 3.8) is 0 Å². The smallest absolute Gasteiger partial charge is 0.319 e. The average molecular weight is 693 g/mol. The summed E-state index contributed by atoms with van der Waals surface area (Å²) in [5.74, 6) is -0.0926. The predicted octanol–water partition coefficient (Wildman–Crippen LogP) is 7.74. The van der Waals surface area contributed by atoms with Crippen LogP contribution in [0.1, 0.15) is 34.1 Å². The molecule has 49 heavy (non-hydrogen) atoms. The minimum Gasteiger partial charge on any atom is -0.471 e. The van der Waals surface area contributed by atoms with E-state index in [0.717, 1.165) is 44.5 Å². The summed E-state index contributed by atoms with van der Waals surface area (Å²) in [6.45, 7) is 1.01. The Morgan fingerprint density at radius 3 is 2.55 bits per heavy atom. The lowest BCUT2D eigenvalue weighted by atomic mass is 9.88. The second-order valence-corrected chi connectivity index (χ2v) is 13.3. The number of aromatic amines is 1. The Bertz CT molecular complexity index is 2230. The number of pyridine rings is 1. The molecule has 1 fully saturated rings. The number of hydrogen-bond acceptors (Lipinski definition) is 5. The molecule has 2 N–H and O–H groups in total. The Morgan fingerprint density at radius 1 is 0.980 bits per heavy atom. The van der Waals surface area contributed by atoms with Gasteiger partial charge in [0.05, 0.1) is 30.3 Å². The number of benzene rings is 3. The number of nitrogens with zero attached hydrogens (tertiary/aromatic N) is 5. The molecule has 6 aromatic rings. The van der Waals surface area contributed by atoms with E-state index in [2.05, 4.69) is 19.9 Å². The Morgan fingerprint density at radius 2 is 1.78 bits per heavy atom. The molecule has 2 atom stereocenters. The number of carbonyl (C=O) groups excluding carboxylic acids is 2. The number of H-pyrrole nitrogens is 1. The van der Waals surface area contributed by atoms with Gasteiger partial charge in [-0.15, -0.1) is 0 Å². The second-order valence-electron chi connectivity index (χ2n) is 12.4. The highest BCUT2D eigenvalue weighted by Gasteiger charge is 2.36. The van der Waals surface area contributed by atoms with E-state index >= 15 is 0 Å². The summed E-state index contributed by atoms with van der Waals surface area (Å²) < 4.78 is 8.37. The predicted molar refractivity (Wildman–Crippen MR) is 191 cm³/mol. The molecule has 3 aromatic heterocycles. The molecule has 0 bridgehead atoms. The first-order valence-electron chi connectivity index (χ1n) is 15.9. The second kappa shape index (κ2) is 12.3. The van der Waals surface area contributed by atoms with Gasteiger partial charge in [0.1, 0.15) is 17.5 Å². The lowest BCUT2D eigenvalue weighted by Gasteiger charge is -2.28. The van der Waals surface area contributed by atoms with Gasteiger partial charge in [0.25, 0.3) is 5.91 Å². The molecule has 8 rings (SSSR count). The van der Waals surface area contributed by atoms with Crippen molar-refractivity contribution in [3.05, 3.63) is 118 Å². The van der Waals surface area contributed by atoms with E-state index in [-0.39, 0.29) is 30.0 Å². The minimum atomic E-state index is -0.376. The molecule has 0 radical (unpaired) electrons. The molecule has 5 heterocycles. The van der Waals surface area contributed by atoms with Crippen LogP contribution in [-0.4, -0.2) is 74.5 Å². The fourth-order valence-corrected chi connectivity index (χ4v) is 7.25. The van der Waals surface area contributed by atoms with Crippen LogP contribution in [0.5, 0.6) is 5.88 Å². The number of likely N-dealkylation sites (tertiary alicyclic amines) is 1. The highest BCUT2D eigenvalue weighted by molar-refractivity contribution is 6.32. The Kier molecular flexibility index (Phi) is 7.77. The van der Waals surface area contributed by atoms with Crippen LogP contribution < -0.4 is 10.1 Å². The van der Waals surface area contributed by atoms with Crippen molar-refractivity contribution < 1.29 is 14.3 Å². The third-order valence-electron chi connectivity index (χ3n) is 9.05. The normalized spacial score (nSPS) is 16.4. The molecule has 0 aliphatic carbocycles. The van der Waals surface area contributed by atoms with Crippen molar-refractivity contribution in [1.29, 1.82) is 0 Å². The maximum absolute atomic E-state index is 14.4. The molecule has 2 aliphatic heterocycles. The van der Waals surface area contributed by atoms with Crippen LogP contribution in [0.3, 0.4) is 0 Å². The molecule has 1 saturated heterocycles. The molecule has 10 nitrogen and oxygen atoms in total. The van der Waals surface area contributed by atoms with Gasteiger partial charge in [-0.2, -0.15) is 0 Å². The van der Waals surface area contributed by atoms with E-state index in [9.17, 15) is 9.59 Å². The van der Waals surface area contributed by atoms with Crippen molar-refractivity contribution in [1.82, 2.24) is 29.3 Å². The van der Waals surface area contributed by atoms with Gasteiger partial charge in [0, 0.05) is 65.3 Å². The number of anilines is 1. The fraction of sp³-hybridized carbons (Fsp3) is 0.189. The van der Waals surface area contributed by atoms with E-state index in [4.69, 9.17) is 32.9 Å². The first-order valence-corrected chi connectivity index (χ1v) is 16.6. The number of carbonyl (C=O) groups is 2. The Labute approximate surface area is 292 Å². The molecule has 246 valence electrons. The fourth-order valence-electron chi connectivity index (χ4n) is 6.90. The van der Waals surface area contributed by atoms with Crippen LogP contribution in [0.2, 0.25) is 10.0 Å². The topological polar surface area (TPSA) is 108 Å². The Balaban J connectivity index is 1.22. The number of aromatic nitrogens is 4. The van der Waals surface area contributed by atoms with Gasteiger partial charge in [-0.25, -0.2) is 14.8 Å². The van der Waals surface area contributed by atoms with Crippen LogP contribution in [0.15, 0.2) is 91.4 Å². The van der Waals surface area contributed by atoms with E-state index < -0.39 is 0 Å². The largest absolute Gasteiger partial charge is 0.471 e. The molecule has 12 heteroatoms. The highest BCUT2D eigenvalue weighted by Crippen LogP contribution is 2.50. The zero-order valence-electron chi connectivity index (χ0n) is 26.7. The molecule has 0 spiro atoms. The van der Waals surface area contributed by atoms with Gasteiger partial charge in [0.15, 0.2) is 0 Å². The summed E-state index contributed by atoms with van der Waals surface area (Å²) >= 11 is 13.0. The third kappa shape index (κ3) is 5.47. The van der Waals surface area contributed by atoms with Crippen molar-refractivity contribution in [2.75, 3.05) is 32.5 Å². The molecule has 3 aromatic carbocycles. The van der Waals surface area contributed by atoms with Crippen LogP contribution in [0, 0.1) is 0 Å². The van der Waals surface area contributed by atoms with Crippen molar-refractivity contribution >= 4 is 51.7 Å². The summed E-state index contributed by atoms with van der Waals surface area (Å²) in [5, 5.41) is 5.12. The van der Waals surface area contributed by atoms with Crippen LogP contribution in [-0.2, 0) is 0 Å². The van der Waals surface area contributed by atoms with Crippen molar-refractivity contribution in [2.24, 2.45) is 0 Å². The number of imidazole rings is 1. The average Bonchev–Trinajstić information content (AvgIpc) is 3.84. The zero-order valence-corrected chi connectivity index (χ0v) is 28.2. The lowest BCUT2D eigenvalue weighted by Crippen LogP contribution is -2.38. The molecule has 0 saturated carbocycles. The summed E-state index contributed by atoms with van der Waals surface area (Å²) in [6, 6.07) is 24.6. The maximum Gasteiger partial charge on any atom is 0.319 e. The maximum atomic E-state index is 14.4. The lowest BCUT2D eigenvalue weighted by molar-refractivity contribution is 0.102. The molecular weight excluding hydrogens is 661 g/mol. The monoisotopic (exact) mass is 691 g/mol. The zero-order chi connectivity index (χ0) is 33.8. The number of hydrogen-bond donors (Lipinski definition) is 2. The Hall–Kier alpha value is -5.32.